The third-order valence-electron chi connectivity index (χ3n) is 5.27. The van der Waals surface area contributed by atoms with Gasteiger partial charge in [0.25, 0.3) is 0 Å². The number of likely N-dealkylation sites (tertiary alicyclic amines) is 1. The lowest BCUT2D eigenvalue weighted by atomic mass is 10.0. The summed E-state index contributed by atoms with van der Waals surface area (Å²) in [6.45, 7) is 6.73. The van der Waals surface area contributed by atoms with Crippen LogP contribution in [0.4, 0.5) is 0 Å². The van der Waals surface area contributed by atoms with Crippen LogP contribution in [0.1, 0.15) is 49.3 Å². The lowest BCUT2D eigenvalue weighted by Gasteiger charge is -2.32. The zero-order valence-electron chi connectivity index (χ0n) is 15.6. The highest BCUT2D eigenvalue weighted by Crippen LogP contribution is 2.15. The van der Waals surface area contributed by atoms with E-state index in [4.69, 9.17) is 0 Å². The van der Waals surface area contributed by atoms with Gasteiger partial charge in [-0.2, -0.15) is 0 Å². The molecular weight excluding hydrogens is 304 g/mol. The molecule has 1 fully saturated rings. The molecule has 25 heavy (non-hydrogen) atoms. The van der Waals surface area contributed by atoms with E-state index in [-0.39, 0.29) is 0 Å². The van der Waals surface area contributed by atoms with Crippen molar-refractivity contribution in [3.05, 3.63) is 71.3 Å². The minimum atomic E-state index is 0.659. The Morgan fingerprint density at radius 1 is 0.880 bits per heavy atom. The van der Waals surface area contributed by atoms with E-state index in [2.05, 4.69) is 71.7 Å². The van der Waals surface area contributed by atoms with Gasteiger partial charge in [0.15, 0.2) is 0 Å². The smallest absolute Gasteiger partial charge is 0.0233 e. The highest BCUT2D eigenvalue weighted by molar-refractivity contribution is 5.22. The summed E-state index contributed by atoms with van der Waals surface area (Å²) in [7, 11) is 0. The molecule has 134 valence electrons. The molecule has 2 nitrogen and oxygen atoms in total. The topological polar surface area (TPSA) is 15.3 Å². The Kier molecular flexibility index (Phi) is 7.08. The molecule has 2 aromatic rings. The number of nitrogens with zero attached hydrogens (tertiary/aromatic N) is 1. The van der Waals surface area contributed by atoms with Gasteiger partial charge in [0, 0.05) is 19.1 Å². The maximum absolute atomic E-state index is 3.76. The average Bonchev–Trinajstić information content (AvgIpc) is 2.67. The number of aryl methyl sites for hydroxylation is 1. The molecule has 0 atom stereocenters. The third kappa shape index (κ3) is 5.98. The van der Waals surface area contributed by atoms with Crippen LogP contribution in [-0.2, 0) is 19.5 Å². The molecule has 1 aliphatic rings. The summed E-state index contributed by atoms with van der Waals surface area (Å²) < 4.78 is 0. The summed E-state index contributed by atoms with van der Waals surface area (Å²) in [5, 5.41) is 3.76. The first-order chi connectivity index (χ1) is 12.3. The fourth-order valence-corrected chi connectivity index (χ4v) is 3.60. The van der Waals surface area contributed by atoms with Gasteiger partial charge in [-0.05, 0) is 55.5 Å². The molecule has 0 saturated carbocycles. The summed E-state index contributed by atoms with van der Waals surface area (Å²) in [5.74, 6) is 0. The van der Waals surface area contributed by atoms with Gasteiger partial charge in [-0.3, -0.25) is 4.90 Å². The van der Waals surface area contributed by atoms with Crippen molar-refractivity contribution in [3.8, 4) is 0 Å². The largest absolute Gasteiger partial charge is 0.310 e. The summed E-state index contributed by atoms with van der Waals surface area (Å²) in [6.07, 6.45) is 6.28. The van der Waals surface area contributed by atoms with Gasteiger partial charge < -0.3 is 5.32 Å². The Morgan fingerprint density at radius 2 is 1.56 bits per heavy atom. The van der Waals surface area contributed by atoms with E-state index in [0.29, 0.717) is 6.04 Å². The van der Waals surface area contributed by atoms with E-state index >= 15 is 0 Å². The zero-order chi connectivity index (χ0) is 17.3. The molecule has 1 saturated heterocycles. The second-order valence-electron chi connectivity index (χ2n) is 7.34. The molecule has 0 unspecified atom stereocenters. The molecule has 1 heterocycles. The van der Waals surface area contributed by atoms with Crippen molar-refractivity contribution in [1.29, 1.82) is 0 Å². The van der Waals surface area contributed by atoms with E-state index in [1.165, 1.54) is 61.9 Å². The standard InChI is InChI=1S/C23H32N2/c1-2-3-7-20-10-12-21(13-11-20)18-24-23-14-16-25(17-15-23)19-22-8-5-4-6-9-22/h4-6,8-13,23-24H,2-3,7,14-19H2,1H3. The van der Waals surface area contributed by atoms with Gasteiger partial charge in [0.2, 0.25) is 0 Å². The predicted molar refractivity (Wildman–Crippen MR) is 107 cm³/mol. The molecule has 1 N–H and O–H groups in total. The Balaban J connectivity index is 1.37. The normalized spacial score (nSPS) is 16.2. The average molecular weight is 337 g/mol. The van der Waals surface area contributed by atoms with Crippen molar-refractivity contribution in [2.24, 2.45) is 0 Å². The molecule has 0 amide bonds. The monoisotopic (exact) mass is 336 g/mol. The molecule has 2 aromatic carbocycles. The molecule has 0 bridgehead atoms. The number of piperidine rings is 1. The first kappa shape index (κ1) is 18.2. The molecular formula is C23H32N2. The second-order valence-corrected chi connectivity index (χ2v) is 7.34. The third-order valence-corrected chi connectivity index (χ3v) is 5.27. The fourth-order valence-electron chi connectivity index (χ4n) is 3.60. The van der Waals surface area contributed by atoms with Crippen LogP contribution < -0.4 is 5.32 Å². The van der Waals surface area contributed by atoms with Crippen LogP contribution in [0, 0.1) is 0 Å². The van der Waals surface area contributed by atoms with Gasteiger partial charge >= 0.3 is 0 Å². The van der Waals surface area contributed by atoms with Crippen LogP contribution in [0.25, 0.3) is 0 Å². The minimum Gasteiger partial charge on any atom is -0.310 e. The summed E-state index contributed by atoms with van der Waals surface area (Å²) in [5.41, 5.74) is 4.31. The maximum Gasteiger partial charge on any atom is 0.0233 e. The Labute approximate surface area is 153 Å². The van der Waals surface area contributed by atoms with Crippen LogP contribution in [0.5, 0.6) is 0 Å². The lowest BCUT2D eigenvalue weighted by Crippen LogP contribution is -2.41. The number of benzene rings is 2. The van der Waals surface area contributed by atoms with E-state index in [1.54, 1.807) is 0 Å². The minimum absolute atomic E-state index is 0.659. The van der Waals surface area contributed by atoms with Crippen molar-refractivity contribution in [3.63, 3.8) is 0 Å². The Morgan fingerprint density at radius 3 is 2.24 bits per heavy atom. The van der Waals surface area contributed by atoms with Crippen molar-refractivity contribution in [2.45, 2.75) is 58.2 Å². The van der Waals surface area contributed by atoms with Crippen molar-refractivity contribution < 1.29 is 0 Å². The quantitative estimate of drug-likeness (QED) is 0.746. The molecule has 1 aliphatic heterocycles. The molecule has 0 aliphatic carbocycles. The van der Waals surface area contributed by atoms with Crippen LogP contribution in [0.2, 0.25) is 0 Å². The predicted octanol–water partition coefficient (Wildman–Crippen LogP) is 4.78. The van der Waals surface area contributed by atoms with Crippen molar-refractivity contribution >= 4 is 0 Å². The van der Waals surface area contributed by atoms with E-state index in [9.17, 15) is 0 Å². The number of unbranched alkanes of at least 4 members (excludes halogenated alkanes) is 1. The van der Waals surface area contributed by atoms with Crippen molar-refractivity contribution in [2.75, 3.05) is 13.1 Å². The number of nitrogens with one attached hydrogen (secondary N) is 1. The summed E-state index contributed by atoms with van der Waals surface area (Å²) >= 11 is 0. The van der Waals surface area contributed by atoms with Crippen LogP contribution in [0.15, 0.2) is 54.6 Å². The lowest BCUT2D eigenvalue weighted by molar-refractivity contribution is 0.190. The number of hydrogen-bond donors (Lipinski definition) is 1. The summed E-state index contributed by atoms with van der Waals surface area (Å²) in [4.78, 5) is 2.58. The summed E-state index contributed by atoms with van der Waals surface area (Å²) in [6, 6.07) is 20.7. The molecule has 3 rings (SSSR count). The molecule has 0 radical (unpaired) electrons. The van der Waals surface area contributed by atoms with E-state index in [1.807, 2.05) is 0 Å². The van der Waals surface area contributed by atoms with Gasteiger partial charge in [-0.15, -0.1) is 0 Å². The maximum atomic E-state index is 3.76. The molecule has 2 heteroatoms. The van der Waals surface area contributed by atoms with Gasteiger partial charge in [0.05, 0.1) is 0 Å². The van der Waals surface area contributed by atoms with Crippen LogP contribution in [0.3, 0.4) is 0 Å². The Hall–Kier alpha value is -1.64. The number of rotatable bonds is 8. The first-order valence-corrected chi connectivity index (χ1v) is 9.91. The van der Waals surface area contributed by atoms with Crippen LogP contribution >= 0.6 is 0 Å². The van der Waals surface area contributed by atoms with Crippen molar-refractivity contribution in [1.82, 2.24) is 10.2 Å². The first-order valence-electron chi connectivity index (χ1n) is 9.91. The van der Waals surface area contributed by atoms with Gasteiger partial charge in [0.1, 0.15) is 0 Å². The second kappa shape index (κ2) is 9.74. The Bertz CT molecular complexity index is 598. The molecule has 0 spiro atoms. The fraction of sp³-hybridized carbons (Fsp3) is 0.478. The highest BCUT2D eigenvalue weighted by atomic mass is 15.1. The van der Waals surface area contributed by atoms with Crippen LogP contribution in [-0.4, -0.2) is 24.0 Å². The van der Waals surface area contributed by atoms with E-state index < -0.39 is 0 Å². The SMILES string of the molecule is CCCCc1ccc(CNC2CCN(Cc3ccccc3)CC2)cc1. The van der Waals surface area contributed by atoms with Gasteiger partial charge in [-0.25, -0.2) is 0 Å². The van der Waals surface area contributed by atoms with E-state index in [0.717, 1.165) is 13.1 Å². The highest BCUT2D eigenvalue weighted by Gasteiger charge is 2.18. The number of hydrogen-bond acceptors (Lipinski definition) is 2. The zero-order valence-corrected chi connectivity index (χ0v) is 15.6. The molecule has 0 aromatic heterocycles. The van der Waals surface area contributed by atoms with Gasteiger partial charge in [-0.1, -0.05) is 67.9 Å².